The van der Waals surface area contributed by atoms with Crippen LogP contribution in [0.4, 0.5) is 4.39 Å². The van der Waals surface area contributed by atoms with Gasteiger partial charge in [-0.2, -0.15) is 0 Å². The lowest BCUT2D eigenvalue weighted by Gasteiger charge is -2.39. The van der Waals surface area contributed by atoms with Gasteiger partial charge in [-0.15, -0.1) is 0 Å². The van der Waals surface area contributed by atoms with Crippen molar-refractivity contribution in [3.05, 3.63) is 0 Å². The molecule has 0 spiro atoms. The van der Waals surface area contributed by atoms with Crippen molar-refractivity contribution in [3.8, 4) is 0 Å². The number of hydrogen-bond donors (Lipinski definition) is 1. The number of halogens is 1. The molecule has 1 heterocycles. The van der Waals surface area contributed by atoms with Gasteiger partial charge in [0, 0.05) is 20.3 Å². The van der Waals surface area contributed by atoms with Crippen molar-refractivity contribution in [2.24, 2.45) is 0 Å². The van der Waals surface area contributed by atoms with E-state index in [9.17, 15) is 18.8 Å². The van der Waals surface area contributed by atoms with Gasteiger partial charge in [0.1, 0.15) is 0 Å². The maximum absolute atomic E-state index is 14.1. The molecule has 1 fully saturated rings. The van der Waals surface area contributed by atoms with E-state index in [1.807, 2.05) is 0 Å². The molecule has 0 saturated carbocycles. The number of methoxy groups -OCH3 is 1. The number of carbonyl (C=O) groups excluding carboxylic acids is 3. The summed E-state index contributed by atoms with van der Waals surface area (Å²) >= 11 is 0. The molecule has 19 heavy (non-hydrogen) atoms. The molecule has 0 aromatic carbocycles. The Kier molecular flexibility index (Phi) is 4.82. The van der Waals surface area contributed by atoms with E-state index >= 15 is 0 Å². The highest BCUT2D eigenvalue weighted by Crippen LogP contribution is 2.31. The van der Waals surface area contributed by atoms with Gasteiger partial charge in [0.15, 0.2) is 6.17 Å². The maximum atomic E-state index is 14.1. The molecule has 1 aliphatic rings. The fourth-order valence-corrected chi connectivity index (χ4v) is 1.85. The number of amides is 1. The van der Waals surface area contributed by atoms with Crippen molar-refractivity contribution < 1.29 is 33.0 Å². The van der Waals surface area contributed by atoms with Crippen molar-refractivity contribution in [1.29, 1.82) is 0 Å². The number of rotatable bonds is 3. The highest BCUT2D eigenvalue weighted by molar-refractivity contribution is 5.82. The lowest BCUT2D eigenvalue weighted by molar-refractivity contribution is -0.275. The predicted octanol–water partition coefficient (Wildman–Crippen LogP) is -0.318. The van der Waals surface area contributed by atoms with Gasteiger partial charge in [0.2, 0.25) is 5.91 Å². The zero-order valence-corrected chi connectivity index (χ0v) is 10.9. The van der Waals surface area contributed by atoms with Crippen LogP contribution >= 0.6 is 0 Å². The fraction of sp³-hybridized carbons (Fsp3) is 0.727. The maximum Gasteiger partial charge on any atom is 0.382 e. The largest absolute Gasteiger partial charge is 0.464 e. The molecule has 1 aliphatic heterocycles. The zero-order chi connectivity index (χ0) is 14.6. The van der Waals surface area contributed by atoms with Crippen LogP contribution in [0.3, 0.4) is 0 Å². The van der Waals surface area contributed by atoms with Gasteiger partial charge in [0.05, 0.1) is 19.8 Å². The van der Waals surface area contributed by atoms with Crippen LogP contribution in [-0.4, -0.2) is 49.6 Å². The molecular weight excluding hydrogens is 261 g/mol. The number of carbonyl (C=O) groups is 3. The van der Waals surface area contributed by atoms with E-state index in [2.05, 4.69) is 14.8 Å². The van der Waals surface area contributed by atoms with E-state index in [-0.39, 0.29) is 18.9 Å². The lowest BCUT2D eigenvalue weighted by atomic mass is 9.99. The van der Waals surface area contributed by atoms with Crippen molar-refractivity contribution >= 4 is 17.8 Å². The molecule has 1 rings (SSSR count). The Hall–Kier alpha value is -1.70. The van der Waals surface area contributed by atoms with Crippen LogP contribution < -0.4 is 5.32 Å². The summed E-state index contributed by atoms with van der Waals surface area (Å²) in [6, 6.07) is -0.596. The van der Waals surface area contributed by atoms with Gasteiger partial charge < -0.3 is 19.5 Å². The van der Waals surface area contributed by atoms with Crippen LogP contribution in [0.2, 0.25) is 0 Å². The van der Waals surface area contributed by atoms with Crippen LogP contribution in [0.1, 0.15) is 20.3 Å². The van der Waals surface area contributed by atoms with Crippen molar-refractivity contribution in [3.63, 3.8) is 0 Å². The highest BCUT2D eigenvalue weighted by Gasteiger charge is 2.56. The summed E-state index contributed by atoms with van der Waals surface area (Å²) in [5, 5.41) is 2.46. The van der Waals surface area contributed by atoms with E-state index < -0.39 is 29.9 Å². The number of alkyl halides is 1. The Morgan fingerprint density at radius 2 is 2.00 bits per heavy atom. The first kappa shape index (κ1) is 15.4. The predicted molar refractivity (Wildman–Crippen MR) is 59.6 cm³/mol. The third-order valence-corrected chi connectivity index (χ3v) is 2.58. The average molecular weight is 277 g/mol. The van der Waals surface area contributed by atoms with E-state index in [0.29, 0.717) is 0 Å². The van der Waals surface area contributed by atoms with Gasteiger partial charge in [0.25, 0.3) is 0 Å². The Balaban J connectivity index is 2.87. The molecule has 0 aliphatic carbocycles. The van der Waals surface area contributed by atoms with Crippen molar-refractivity contribution in [2.45, 2.75) is 38.3 Å². The number of ether oxygens (including phenoxy) is 3. The van der Waals surface area contributed by atoms with E-state index in [0.717, 1.165) is 14.0 Å². The first-order valence-corrected chi connectivity index (χ1v) is 5.65. The number of esters is 2. The summed E-state index contributed by atoms with van der Waals surface area (Å²) in [5.41, 5.74) is 0. The van der Waals surface area contributed by atoms with E-state index in [1.165, 1.54) is 6.92 Å². The standard InChI is InChI=1S/C11H16FNO6/c1-6(14)13-8-4-9(12)11(18-5-8,10(16)17-3)19-7(2)15/h8-9H,4-5H2,1-3H3,(H,13,14)/t8-,9-,11?/m1/s1. The summed E-state index contributed by atoms with van der Waals surface area (Å²) in [4.78, 5) is 33.5. The smallest absolute Gasteiger partial charge is 0.382 e. The molecule has 3 atom stereocenters. The van der Waals surface area contributed by atoms with Crippen LogP contribution in [-0.2, 0) is 28.6 Å². The minimum Gasteiger partial charge on any atom is -0.464 e. The van der Waals surface area contributed by atoms with Crippen molar-refractivity contribution in [1.82, 2.24) is 5.32 Å². The van der Waals surface area contributed by atoms with Crippen LogP contribution in [0, 0.1) is 0 Å². The monoisotopic (exact) mass is 277 g/mol. The summed E-state index contributed by atoms with van der Waals surface area (Å²) in [6.45, 7) is 2.14. The Labute approximate surface area is 109 Å². The summed E-state index contributed by atoms with van der Waals surface area (Å²) < 4.78 is 28.3. The Morgan fingerprint density at radius 3 is 2.42 bits per heavy atom. The fourth-order valence-electron chi connectivity index (χ4n) is 1.85. The molecular formula is C11H16FNO6. The molecule has 0 aromatic rings. The molecule has 7 nitrogen and oxygen atoms in total. The number of nitrogens with one attached hydrogen (secondary N) is 1. The van der Waals surface area contributed by atoms with Crippen LogP contribution in [0.15, 0.2) is 0 Å². The van der Waals surface area contributed by atoms with E-state index in [1.54, 1.807) is 0 Å². The molecule has 0 radical (unpaired) electrons. The highest BCUT2D eigenvalue weighted by atomic mass is 19.1. The minimum absolute atomic E-state index is 0.164. The second-order valence-electron chi connectivity index (χ2n) is 4.16. The summed E-state index contributed by atoms with van der Waals surface area (Å²) in [6.07, 6.45) is -2.16. The number of hydrogen-bond acceptors (Lipinski definition) is 6. The molecule has 8 heteroatoms. The minimum atomic E-state index is -2.39. The van der Waals surface area contributed by atoms with Gasteiger partial charge in [-0.25, -0.2) is 9.18 Å². The SMILES string of the molecule is COC(=O)C1(OC(C)=O)OC[C@H](NC(C)=O)C[C@H]1F. The summed E-state index contributed by atoms with van der Waals surface area (Å²) in [5.74, 6) is -4.74. The van der Waals surface area contributed by atoms with Crippen LogP contribution in [0.25, 0.3) is 0 Å². The topological polar surface area (TPSA) is 90.9 Å². The first-order valence-electron chi connectivity index (χ1n) is 5.65. The molecule has 108 valence electrons. The Morgan fingerprint density at radius 1 is 1.37 bits per heavy atom. The molecule has 0 bridgehead atoms. The van der Waals surface area contributed by atoms with Gasteiger partial charge >= 0.3 is 17.7 Å². The molecule has 1 unspecified atom stereocenters. The van der Waals surface area contributed by atoms with Crippen molar-refractivity contribution in [2.75, 3.05) is 13.7 Å². The summed E-state index contributed by atoms with van der Waals surface area (Å²) in [7, 11) is 1.03. The second-order valence-corrected chi connectivity index (χ2v) is 4.16. The molecule has 0 aromatic heterocycles. The van der Waals surface area contributed by atoms with Gasteiger partial charge in [-0.3, -0.25) is 9.59 Å². The molecule has 1 N–H and O–H groups in total. The van der Waals surface area contributed by atoms with Gasteiger partial charge in [-0.05, 0) is 0 Å². The average Bonchev–Trinajstić information content (AvgIpc) is 2.30. The molecule has 1 amide bonds. The zero-order valence-electron chi connectivity index (χ0n) is 10.9. The molecule has 1 saturated heterocycles. The Bertz CT molecular complexity index is 387. The second kappa shape index (κ2) is 5.96. The third-order valence-electron chi connectivity index (χ3n) is 2.58. The lowest BCUT2D eigenvalue weighted by Crippen LogP contribution is -2.61. The quantitative estimate of drug-likeness (QED) is 0.711. The van der Waals surface area contributed by atoms with Crippen LogP contribution in [0.5, 0.6) is 0 Å². The van der Waals surface area contributed by atoms with Gasteiger partial charge in [-0.1, -0.05) is 0 Å². The third kappa shape index (κ3) is 3.40. The first-order chi connectivity index (χ1) is 8.81. The van der Waals surface area contributed by atoms with E-state index in [4.69, 9.17) is 4.74 Å². The normalized spacial score (nSPS) is 30.3.